The highest BCUT2D eigenvalue weighted by Gasteiger charge is 2.18. The predicted molar refractivity (Wildman–Crippen MR) is 104 cm³/mol. The minimum atomic E-state index is -3.44. The van der Waals surface area contributed by atoms with E-state index in [1.165, 1.54) is 0 Å². The zero-order valence-electron chi connectivity index (χ0n) is 14.3. The minimum Gasteiger partial charge on any atom is -0.298 e. The number of hydrogen-bond donors (Lipinski definition) is 1. The number of aldehydes is 1. The van der Waals surface area contributed by atoms with Crippen molar-refractivity contribution in [3.8, 4) is 11.1 Å². The summed E-state index contributed by atoms with van der Waals surface area (Å²) in [5.41, 5.74) is 4.16. The van der Waals surface area contributed by atoms with E-state index in [0.29, 0.717) is 11.1 Å². The second-order valence-electron chi connectivity index (χ2n) is 6.10. The summed E-state index contributed by atoms with van der Waals surface area (Å²) in [6, 6.07) is 24.1. The molecule has 3 rings (SSSR count). The molecule has 0 saturated carbocycles. The summed E-state index contributed by atoms with van der Waals surface area (Å²) in [5.74, 6) is 0. The van der Waals surface area contributed by atoms with E-state index in [-0.39, 0.29) is 0 Å². The van der Waals surface area contributed by atoms with Crippen molar-refractivity contribution >= 4 is 16.3 Å². The van der Waals surface area contributed by atoms with Gasteiger partial charge >= 0.3 is 0 Å². The van der Waals surface area contributed by atoms with Crippen molar-refractivity contribution < 1.29 is 13.2 Å². The fraction of sp³-hybridized carbons (Fsp3) is 0.0952. The lowest BCUT2D eigenvalue weighted by atomic mass is 9.96. The fourth-order valence-corrected chi connectivity index (χ4v) is 3.55. The van der Waals surface area contributed by atoms with Crippen molar-refractivity contribution in [3.05, 3.63) is 95.6 Å². The van der Waals surface area contributed by atoms with Crippen LogP contribution in [0.2, 0.25) is 0 Å². The van der Waals surface area contributed by atoms with Crippen LogP contribution in [0.3, 0.4) is 0 Å². The molecule has 5 heteroatoms. The van der Waals surface area contributed by atoms with Crippen LogP contribution in [0.25, 0.3) is 11.1 Å². The van der Waals surface area contributed by atoms with Crippen molar-refractivity contribution in [1.29, 1.82) is 0 Å². The van der Waals surface area contributed by atoms with Gasteiger partial charge in [-0.15, -0.1) is 0 Å². The quantitative estimate of drug-likeness (QED) is 0.676. The maximum atomic E-state index is 11.9. The molecule has 4 nitrogen and oxygen atoms in total. The van der Waals surface area contributed by atoms with Crippen LogP contribution in [-0.4, -0.2) is 21.0 Å². The lowest BCUT2D eigenvalue weighted by Crippen LogP contribution is -2.28. The molecule has 0 aromatic heterocycles. The van der Waals surface area contributed by atoms with Crippen LogP contribution < -0.4 is 4.72 Å². The van der Waals surface area contributed by atoms with Crippen molar-refractivity contribution in [1.82, 2.24) is 4.72 Å². The number of benzene rings is 3. The maximum Gasteiger partial charge on any atom is 0.209 e. The highest BCUT2D eigenvalue weighted by Crippen LogP contribution is 2.26. The normalized spacial score (nSPS) is 12.5. The summed E-state index contributed by atoms with van der Waals surface area (Å²) < 4.78 is 26.4. The highest BCUT2D eigenvalue weighted by atomic mass is 32.2. The smallest absolute Gasteiger partial charge is 0.209 e. The molecule has 0 aliphatic rings. The first kappa shape index (κ1) is 18.0. The monoisotopic (exact) mass is 365 g/mol. The Morgan fingerprint density at radius 3 is 2.08 bits per heavy atom. The molecule has 0 bridgehead atoms. The third kappa shape index (κ3) is 4.45. The van der Waals surface area contributed by atoms with Crippen LogP contribution in [0.5, 0.6) is 0 Å². The van der Waals surface area contributed by atoms with Crippen molar-refractivity contribution in [2.45, 2.75) is 6.04 Å². The highest BCUT2D eigenvalue weighted by molar-refractivity contribution is 7.88. The minimum absolute atomic E-state index is 0.503. The number of carbonyl (C=O) groups excluding carboxylic acids is 1. The van der Waals surface area contributed by atoms with E-state index >= 15 is 0 Å². The summed E-state index contributed by atoms with van der Waals surface area (Å²) >= 11 is 0. The molecule has 1 unspecified atom stereocenters. The molecule has 0 spiro atoms. The third-order valence-corrected chi connectivity index (χ3v) is 4.73. The average molecular weight is 365 g/mol. The van der Waals surface area contributed by atoms with E-state index in [1.807, 2.05) is 54.6 Å². The van der Waals surface area contributed by atoms with Gasteiger partial charge in [-0.2, -0.15) is 0 Å². The Labute approximate surface area is 153 Å². The number of sulfonamides is 1. The van der Waals surface area contributed by atoms with E-state index in [4.69, 9.17) is 0 Å². The SMILES string of the molecule is CS(=O)(=O)NC(c1ccc(-c2ccccc2)cc1)c1cccc(C=O)c1. The molecule has 0 amide bonds. The van der Waals surface area contributed by atoms with Gasteiger partial charge in [-0.3, -0.25) is 4.79 Å². The molecular formula is C21H19NO3S. The Bertz CT molecular complexity index is 997. The van der Waals surface area contributed by atoms with E-state index in [2.05, 4.69) is 4.72 Å². The second kappa shape index (κ2) is 7.64. The molecular weight excluding hydrogens is 346 g/mol. The van der Waals surface area contributed by atoms with E-state index in [0.717, 1.165) is 29.2 Å². The predicted octanol–water partition coefficient (Wildman–Crippen LogP) is 3.80. The molecule has 0 radical (unpaired) electrons. The zero-order valence-corrected chi connectivity index (χ0v) is 15.1. The Balaban J connectivity index is 2.00. The molecule has 1 atom stereocenters. The van der Waals surface area contributed by atoms with Crippen LogP contribution >= 0.6 is 0 Å². The van der Waals surface area contributed by atoms with E-state index in [9.17, 15) is 13.2 Å². The number of hydrogen-bond acceptors (Lipinski definition) is 3. The maximum absolute atomic E-state index is 11.9. The third-order valence-electron chi connectivity index (χ3n) is 4.06. The first-order chi connectivity index (χ1) is 12.5. The Morgan fingerprint density at radius 2 is 1.46 bits per heavy atom. The van der Waals surface area contributed by atoms with Gasteiger partial charge in [0.25, 0.3) is 0 Å². The molecule has 1 N–H and O–H groups in total. The summed E-state index contributed by atoms with van der Waals surface area (Å²) in [4.78, 5) is 11.1. The van der Waals surface area contributed by atoms with Gasteiger partial charge in [0.05, 0.1) is 12.3 Å². The molecule has 0 aliphatic heterocycles. The molecule has 3 aromatic rings. The molecule has 26 heavy (non-hydrogen) atoms. The van der Waals surface area contributed by atoms with Crippen LogP contribution in [0, 0.1) is 0 Å². The lowest BCUT2D eigenvalue weighted by Gasteiger charge is -2.19. The van der Waals surface area contributed by atoms with Crippen LogP contribution in [0.15, 0.2) is 78.9 Å². The summed E-state index contributed by atoms with van der Waals surface area (Å²) in [7, 11) is -3.44. The molecule has 0 heterocycles. The first-order valence-electron chi connectivity index (χ1n) is 8.14. The van der Waals surface area contributed by atoms with Crippen molar-refractivity contribution in [3.63, 3.8) is 0 Å². The van der Waals surface area contributed by atoms with Gasteiger partial charge in [-0.1, -0.05) is 72.8 Å². The average Bonchev–Trinajstić information content (AvgIpc) is 2.66. The van der Waals surface area contributed by atoms with Crippen LogP contribution in [-0.2, 0) is 10.0 Å². The van der Waals surface area contributed by atoms with Gasteiger partial charge in [0.1, 0.15) is 6.29 Å². The largest absolute Gasteiger partial charge is 0.298 e. The second-order valence-corrected chi connectivity index (χ2v) is 7.88. The van der Waals surface area contributed by atoms with Gasteiger partial charge in [0, 0.05) is 5.56 Å². The summed E-state index contributed by atoms with van der Waals surface area (Å²) in [6.45, 7) is 0. The molecule has 0 fully saturated rings. The fourth-order valence-electron chi connectivity index (χ4n) is 2.85. The molecule has 0 aliphatic carbocycles. The van der Waals surface area contributed by atoms with Gasteiger partial charge in [-0.25, -0.2) is 13.1 Å². The van der Waals surface area contributed by atoms with Crippen LogP contribution in [0.1, 0.15) is 27.5 Å². The van der Waals surface area contributed by atoms with Crippen molar-refractivity contribution in [2.75, 3.05) is 6.26 Å². The Hall–Kier alpha value is -2.76. The standard InChI is InChI=1S/C21H19NO3S/c1-26(24,25)22-21(20-9-5-6-16(14-20)15-23)19-12-10-18(11-13-19)17-7-3-2-4-8-17/h2-15,21-22H,1H3. The number of rotatable bonds is 6. The van der Waals surface area contributed by atoms with Crippen LogP contribution in [0.4, 0.5) is 0 Å². The topological polar surface area (TPSA) is 63.2 Å². The van der Waals surface area contributed by atoms with Gasteiger partial charge in [0.15, 0.2) is 0 Å². The number of nitrogens with one attached hydrogen (secondary N) is 1. The Kier molecular flexibility index (Phi) is 5.30. The molecule has 132 valence electrons. The molecule has 3 aromatic carbocycles. The Morgan fingerprint density at radius 1 is 0.808 bits per heavy atom. The molecule has 0 saturated heterocycles. The summed E-state index contributed by atoms with van der Waals surface area (Å²) in [5, 5.41) is 0. The first-order valence-corrected chi connectivity index (χ1v) is 10.0. The number of carbonyl (C=O) groups is 1. The van der Waals surface area contributed by atoms with Gasteiger partial charge in [-0.05, 0) is 28.3 Å². The van der Waals surface area contributed by atoms with Gasteiger partial charge < -0.3 is 0 Å². The van der Waals surface area contributed by atoms with Gasteiger partial charge in [0.2, 0.25) is 10.0 Å². The van der Waals surface area contributed by atoms with E-state index in [1.54, 1.807) is 24.3 Å². The zero-order chi connectivity index (χ0) is 18.6. The van der Waals surface area contributed by atoms with Crippen molar-refractivity contribution in [2.24, 2.45) is 0 Å². The lowest BCUT2D eigenvalue weighted by molar-refractivity contribution is 0.112. The van der Waals surface area contributed by atoms with E-state index < -0.39 is 16.1 Å². The summed E-state index contributed by atoms with van der Waals surface area (Å²) in [6.07, 6.45) is 1.88.